The number of hydrogen-bond acceptors (Lipinski definition) is 5. The van der Waals surface area contributed by atoms with Crippen molar-refractivity contribution < 1.29 is 36.4 Å². The number of ether oxygens (including phenoxy) is 2. The Morgan fingerprint density at radius 3 is 2.11 bits per heavy atom. The minimum absolute atomic E-state index is 0.118. The van der Waals surface area contributed by atoms with E-state index in [-0.39, 0.29) is 28.2 Å². The highest BCUT2D eigenvalue weighted by molar-refractivity contribution is 7.86. The molecular formula is C26H19ClF3NO5S. The summed E-state index contributed by atoms with van der Waals surface area (Å²) in [5.74, 6) is -1.06. The Hall–Kier alpha value is -3.63. The average Bonchev–Trinajstić information content (AvgIpc) is 3.28. The lowest BCUT2D eigenvalue weighted by atomic mass is 10.0. The zero-order chi connectivity index (χ0) is 27.0. The molecule has 3 aromatic carbocycles. The number of esters is 1. The summed E-state index contributed by atoms with van der Waals surface area (Å²) in [5, 5.41) is 0.388. The monoisotopic (exact) mass is 549 g/mol. The minimum Gasteiger partial charge on any atom is -0.476 e. The number of carbonyl (C=O) groups is 2. The summed E-state index contributed by atoms with van der Waals surface area (Å²) in [6.07, 6.45) is 0.972. The van der Waals surface area contributed by atoms with Gasteiger partial charge in [-0.1, -0.05) is 17.7 Å². The summed E-state index contributed by atoms with van der Waals surface area (Å²) >= 11 is 5.86. The molecule has 4 aromatic rings. The summed E-state index contributed by atoms with van der Waals surface area (Å²) in [5.41, 5.74) is -5.50. The number of aromatic amines is 1. The highest BCUT2D eigenvalue weighted by atomic mass is 35.5. The first-order valence-corrected chi connectivity index (χ1v) is 12.3. The van der Waals surface area contributed by atoms with Crippen LogP contribution in [0.2, 0.25) is 5.02 Å². The molecule has 0 saturated carbocycles. The van der Waals surface area contributed by atoms with E-state index in [4.69, 9.17) is 21.1 Å². The van der Waals surface area contributed by atoms with E-state index in [1.54, 1.807) is 24.3 Å². The maximum absolute atomic E-state index is 13.1. The van der Waals surface area contributed by atoms with Gasteiger partial charge >= 0.3 is 11.5 Å². The lowest BCUT2D eigenvalue weighted by Gasteiger charge is -2.24. The fraction of sp³-hybridized carbons (Fsp3) is 0.154. The summed E-state index contributed by atoms with van der Waals surface area (Å²) in [6, 6.07) is 16.8. The molecule has 6 nitrogen and oxygen atoms in total. The molecular weight excluding hydrogens is 531 g/mol. The van der Waals surface area contributed by atoms with E-state index < -0.39 is 32.8 Å². The summed E-state index contributed by atoms with van der Waals surface area (Å²) in [4.78, 5) is 27.6. The second kappa shape index (κ2) is 10.0. The van der Waals surface area contributed by atoms with Gasteiger partial charge in [-0.25, -0.2) is 9.00 Å². The molecule has 4 rings (SSSR count). The van der Waals surface area contributed by atoms with Crippen molar-refractivity contribution in [1.82, 2.24) is 4.98 Å². The molecule has 0 fully saturated rings. The molecule has 192 valence electrons. The number of benzene rings is 3. The lowest BCUT2D eigenvalue weighted by Crippen LogP contribution is -2.41. The Morgan fingerprint density at radius 2 is 1.51 bits per heavy atom. The number of H-pyrrole nitrogens is 1. The van der Waals surface area contributed by atoms with E-state index in [9.17, 15) is 27.0 Å². The first kappa shape index (κ1) is 26.4. The van der Waals surface area contributed by atoms with Gasteiger partial charge in [0.1, 0.15) is 11.5 Å². The SMILES string of the molecule is CC(C)(Oc1ccc(C(=O)c2ccc(Cl)cc2)cc1)C(=O)Oc1cccc2[nH]cc(S(=O)C(F)(F)F)c12. The number of nitrogens with one attached hydrogen (secondary N) is 1. The Labute approximate surface area is 216 Å². The van der Waals surface area contributed by atoms with Gasteiger partial charge in [0, 0.05) is 22.3 Å². The first-order chi connectivity index (χ1) is 17.4. The van der Waals surface area contributed by atoms with Crippen LogP contribution in [0.25, 0.3) is 10.9 Å². The zero-order valence-electron chi connectivity index (χ0n) is 19.4. The van der Waals surface area contributed by atoms with Gasteiger partial charge in [0.2, 0.25) is 5.60 Å². The lowest BCUT2D eigenvalue weighted by molar-refractivity contribution is -0.149. The van der Waals surface area contributed by atoms with Crippen LogP contribution in [0.5, 0.6) is 11.5 Å². The second-order valence-electron chi connectivity index (χ2n) is 8.41. The molecule has 0 spiro atoms. The van der Waals surface area contributed by atoms with Crippen molar-refractivity contribution in [1.29, 1.82) is 0 Å². The van der Waals surface area contributed by atoms with Crippen LogP contribution in [0.15, 0.2) is 77.8 Å². The maximum Gasteiger partial charge on any atom is 0.475 e. The van der Waals surface area contributed by atoms with Gasteiger partial charge in [-0.3, -0.25) is 4.79 Å². The minimum atomic E-state index is -4.99. The number of rotatable bonds is 7. The van der Waals surface area contributed by atoms with Gasteiger partial charge in [0.05, 0.1) is 15.8 Å². The smallest absolute Gasteiger partial charge is 0.475 e. The van der Waals surface area contributed by atoms with Gasteiger partial charge in [0.25, 0.3) is 0 Å². The Bertz CT molecular complexity index is 1500. The third kappa shape index (κ3) is 5.70. The molecule has 0 amide bonds. The quantitative estimate of drug-likeness (QED) is 0.163. The average molecular weight is 550 g/mol. The summed E-state index contributed by atoms with van der Waals surface area (Å²) in [7, 11) is -3.33. The molecule has 0 aliphatic heterocycles. The number of aromatic nitrogens is 1. The zero-order valence-corrected chi connectivity index (χ0v) is 21.0. The van der Waals surface area contributed by atoms with Crippen molar-refractivity contribution in [2.45, 2.75) is 29.9 Å². The van der Waals surface area contributed by atoms with Crippen LogP contribution in [-0.4, -0.2) is 32.1 Å². The number of ketones is 1. The standard InChI is InChI=1S/C26H19ClF3NO5S/c1-25(2,36-18-12-8-16(9-13-18)23(32)15-6-10-17(27)11-7-15)24(33)35-20-5-3-4-19-22(20)21(14-31-19)37(34)26(28,29)30/h3-14,31H,1-2H3. The van der Waals surface area contributed by atoms with E-state index in [1.165, 1.54) is 56.3 Å². The molecule has 0 radical (unpaired) electrons. The Morgan fingerprint density at radius 1 is 0.919 bits per heavy atom. The molecule has 0 bridgehead atoms. The largest absolute Gasteiger partial charge is 0.476 e. The fourth-order valence-corrected chi connectivity index (χ4v) is 4.42. The van der Waals surface area contributed by atoms with E-state index in [0.29, 0.717) is 16.1 Å². The Balaban J connectivity index is 1.52. The molecule has 0 aliphatic carbocycles. The first-order valence-electron chi connectivity index (χ1n) is 10.8. The predicted molar refractivity (Wildman–Crippen MR) is 132 cm³/mol. The number of alkyl halides is 3. The van der Waals surface area contributed by atoms with Crippen LogP contribution in [0.4, 0.5) is 13.2 Å². The molecule has 1 unspecified atom stereocenters. The number of hydrogen-bond donors (Lipinski definition) is 1. The number of halogens is 4. The van der Waals surface area contributed by atoms with Gasteiger partial charge < -0.3 is 14.5 Å². The predicted octanol–water partition coefficient (Wildman–Crippen LogP) is 6.44. The van der Waals surface area contributed by atoms with Crippen molar-refractivity contribution in [3.8, 4) is 11.5 Å². The maximum atomic E-state index is 13.1. The normalized spacial score (nSPS) is 12.8. The van der Waals surface area contributed by atoms with Crippen LogP contribution < -0.4 is 9.47 Å². The van der Waals surface area contributed by atoms with Gasteiger partial charge in [-0.15, -0.1) is 0 Å². The summed E-state index contributed by atoms with van der Waals surface area (Å²) < 4.78 is 62.4. The van der Waals surface area contributed by atoms with Crippen LogP contribution in [0, 0.1) is 0 Å². The van der Waals surface area contributed by atoms with Crippen molar-refractivity contribution in [3.05, 3.63) is 89.1 Å². The van der Waals surface area contributed by atoms with Crippen LogP contribution in [0.3, 0.4) is 0 Å². The molecule has 11 heteroatoms. The van der Waals surface area contributed by atoms with Gasteiger partial charge in [0.15, 0.2) is 16.6 Å². The second-order valence-corrected chi connectivity index (χ2v) is 10.3. The van der Waals surface area contributed by atoms with Crippen molar-refractivity contribution in [2.75, 3.05) is 0 Å². The fourth-order valence-electron chi connectivity index (χ4n) is 3.48. The van der Waals surface area contributed by atoms with Crippen molar-refractivity contribution in [3.63, 3.8) is 0 Å². The molecule has 1 aromatic heterocycles. The van der Waals surface area contributed by atoms with Crippen LogP contribution in [-0.2, 0) is 15.6 Å². The van der Waals surface area contributed by atoms with E-state index >= 15 is 0 Å². The van der Waals surface area contributed by atoms with Gasteiger partial charge in [-0.05, 0) is 74.5 Å². The molecule has 1 heterocycles. The number of carbonyl (C=O) groups excluding carboxylic acids is 2. The Kier molecular flexibility index (Phi) is 7.16. The van der Waals surface area contributed by atoms with Crippen molar-refractivity contribution >= 4 is 45.1 Å². The van der Waals surface area contributed by atoms with E-state index in [0.717, 1.165) is 6.20 Å². The third-order valence-corrected chi connectivity index (χ3v) is 6.73. The van der Waals surface area contributed by atoms with E-state index in [1.807, 2.05) is 0 Å². The highest BCUT2D eigenvalue weighted by Crippen LogP contribution is 2.36. The van der Waals surface area contributed by atoms with Crippen LogP contribution >= 0.6 is 11.6 Å². The molecule has 0 aliphatic rings. The topological polar surface area (TPSA) is 85.5 Å². The molecule has 37 heavy (non-hydrogen) atoms. The molecule has 1 N–H and O–H groups in total. The third-order valence-electron chi connectivity index (χ3n) is 5.33. The molecule has 1 atom stereocenters. The highest BCUT2D eigenvalue weighted by Gasteiger charge is 2.40. The summed E-state index contributed by atoms with van der Waals surface area (Å²) in [6.45, 7) is 2.85. The molecule has 0 saturated heterocycles. The van der Waals surface area contributed by atoms with Crippen molar-refractivity contribution in [2.24, 2.45) is 0 Å². The number of fused-ring (bicyclic) bond motifs is 1. The van der Waals surface area contributed by atoms with Crippen LogP contribution in [0.1, 0.15) is 29.8 Å². The van der Waals surface area contributed by atoms with Gasteiger partial charge in [-0.2, -0.15) is 13.2 Å². The van der Waals surface area contributed by atoms with E-state index in [2.05, 4.69) is 4.98 Å².